The highest BCUT2D eigenvalue weighted by molar-refractivity contribution is 9.10. The summed E-state index contributed by atoms with van der Waals surface area (Å²) >= 11 is 17.4. The van der Waals surface area contributed by atoms with Crippen molar-refractivity contribution >= 4 is 80.1 Å². The molecule has 2 heterocycles. The van der Waals surface area contributed by atoms with Gasteiger partial charge in [0.25, 0.3) is 11.8 Å². The molecule has 0 radical (unpaired) electrons. The van der Waals surface area contributed by atoms with Crippen molar-refractivity contribution in [3.05, 3.63) is 86.7 Å². The van der Waals surface area contributed by atoms with Crippen molar-refractivity contribution in [1.29, 1.82) is 0 Å². The molecule has 2 saturated heterocycles. The number of alkyl halides is 2. The van der Waals surface area contributed by atoms with E-state index in [1.54, 1.807) is 0 Å². The van der Waals surface area contributed by atoms with E-state index in [0.717, 1.165) is 18.2 Å². The molecular formula is C34H20BrCl2F5N2O9. The molecule has 0 unspecified atom stereocenters. The minimum atomic E-state index is -2.89. The van der Waals surface area contributed by atoms with Gasteiger partial charge in [0, 0.05) is 22.0 Å². The number of benzene rings is 3. The summed E-state index contributed by atoms with van der Waals surface area (Å²) in [5, 5.41) is 31.1. The van der Waals surface area contributed by atoms with E-state index >= 15 is 8.78 Å². The largest absolute Gasteiger partial charge is 0.507 e. The van der Waals surface area contributed by atoms with Crippen molar-refractivity contribution in [2.45, 2.75) is 28.5 Å². The van der Waals surface area contributed by atoms with Crippen molar-refractivity contribution in [3.63, 3.8) is 0 Å². The number of imide groups is 2. The topological polar surface area (TPSA) is 162 Å². The summed E-state index contributed by atoms with van der Waals surface area (Å²) in [7, 11) is 1.18. The normalized spacial score (nSPS) is 27.8. The minimum Gasteiger partial charge on any atom is -0.507 e. The second kappa shape index (κ2) is 12.1. The number of amides is 4. The van der Waals surface area contributed by atoms with Crippen molar-refractivity contribution in [2.24, 2.45) is 17.8 Å². The molecule has 1 saturated carbocycles. The van der Waals surface area contributed by atoms with E-state index in [0.29, 0.717) is 4.90 Å². The van der Waals surface area contributed by atoms with Crippen LogP contribution in [-0.2, 0) is 19.2 Å². The van der Waals surface area contributed by atoms with Gasteiger partial charge >= 0.3 is 5.97 Å². The van der Waals surface area contributed by atoms with E-state index in [-0.39, 0.29) is 38.4 Å². The number of ether oxygens (including phenoxy) is 1. The maximum absolute atomic E-state index is 15.3. The third kappa shape index (κ3) is 4.72. The fourth-order valence-corrected chi connectivity index (χ4v) is 9.36. The summed E-state index contributed by atoms with van der Waals surface area (Å²) in [6, 6.07) is 5.51. The summed E-state index contributed by atoms with van der Waals surface area (Å²) in [5.41, 5.74) is -2.91. The number of carboxylic acids is 1. The molecular weight excluding hydrogens is 826 g/mol. The van der Waals surface area contributed by atoms with Crippen LogP contribution in [-0.4, -0.2) is 61.8 Å². The highest BCUT2D eigenvalue weighted by atomic mass is 79.9. The maximum Gasteiger partial charge on any atom is 0.339 e. The summed E-state index contributed by atoms with van der Waals surface area (Å²) in [6.07, 6.45) is 0.396. The zero-order valence-electron chi connectivity index (χ0n) is 26.4. The predicted molar refractivity (Wildman–Crippen MR) is 176 cm³/mol. The quantitative estimate of drug-likeness (QED) is 0.0696. The molecule has 0 aromatic heterocycles. The zero-order valence-corrected chi connectivity index (χ0v) is 29.5. The predicted octanol–water partition coefficient (Wildman–Crippen LogP) is 6.03. The van der Waals surface area contributed by atoms with Crippen LogP contribution in [0.3, 0.4) is 0 Å². The van der Waals surface area contributed by atoms with E-state index < -0.39 is 121 Å². The smallest absolute Gasteiger partial charge is 0.339 e. The van der Waals surface area contributed by atoms with Crippen LogP contribution < -0.4 is 14.5 Å². The van der Waals surface area contributed by atoms with Crippen molar-refractivity contribution in [2.75, 3.05) is 16.9 Å². The summed E-state index contributed by atoms with van der Waals surface area (Å²) in [6.45, 7) is 0. The third-order valence-electron chi connectivity index (χ3n) is 10.3. The molecule has 19 heteroatoms. The van der Waals surface area contributed by atoms with E-state index in [1.807, 2.05) is 0 Å². The van der Waals surface area contributed by atoms with Crippen LogP contribution in [0.2, 0.25) is 0 Å². The summed E-state index contributed by atoms with van der Waals surface area (Å²) in [5.74, 6) is -26.6. The first-order valence-electron chi connectivity index (χ1n) is 15.3. The Bertz CT molecular complexity index is 2270. The Morgan fingerprint density at radius 1 is 0.887 bits per heavy atom. The van der Waals surface area contributed by atoms with Crippen LogP contribution in [0.25, 0.3) is 0 Å². The van der Waals surface area contributed by atoms with Gasteiger partial charge in [-0.15, -0.1) is 23.2 Å². The lowest BCUT2D eigenvalue weighted by Crippen LogP contribution is -2.60. The number of carboxylic acid groups (broad SMARTS) is 1. The average Bonchev–Trinajstić information content (AvgIpc) is 3.45. The Morgan fingerprint density at radius 2 is 1.51 bits per heavy atom. The van der Waals surface area contributed by atoms with Gasteiger partial charge in [-0.25, -0.2) is 36.5 Å². The lowest BCUT2D eigenvalue weighted by molar-refractivity contribution is -0.125. The molecule has 276 valence electrons. The van der Waals surface area contributed by atoms with Crippen LogP contribution in [0.4, 0.5) is 33.3 Å². The molecule has 4 aliphatic rings. The monoisotopic (exact) mass is 844 g/mol. The first kappa shape index (κ1) is 36.6. The second-order valence-corrected chi connectivity index (χ2v) is 14.9. The number of methoxy groups -OCH3 is 1. The lowest BCUT2D eigenvalue weighted by atomic mass is 9.56. The summed E-state index contributed by atoms with van der Waals surface area (Å²) < 4.78 is 79.0. The molecule has 3 aromatic carbocycles. The fourth-order valence-electron chi connectivity index (χ4n) is 7.98. The molecule has 3 N–H and O–H groups in total. The first-order chi connectivity index (χ1) is 24.8. The number of phenols is 2. The van der Waals surface area contributed by atoms with Gasteiger partial charge in [0.15, 0.2) is 44.5 Å². The molecule has 3 aromatic rings. The second-order valence-electron chi connectivity index (χ2n) is 12.8. The fraction of sp³-hybridized carbons (Fsp3) is 0.265. The molecule has 53 heavy (non-hydrogen) atoms. The number of aromatic carboxylic acids is 1. The van der Waals surface area contributed by atoms with Crippen LogP contribution in [0, 0.1) is 46.8 Å². The molecule has 6 atom stereocenters. The molecule has 0 spiro atoms. The van der Waals surface area contributed by atoms with Crippen LogP contribution >= 0.6 is 39.1 Å². The number of phenolic OH excluding ortho intramolecular Hbond substituents is 1. The Balaban J connectivity index is 1.44. The molecule has 0 bridgehead atoms. The minimum absolute atomic E-state index is 0.0560. The molecule has 2 aliphatic heterocycles. The van der Waals surface area contributed by atoms with Gasteiger partial charge in [-0.2, -0.15) is 0 Å². The number of nitrogens with zero attached hydrogens (tertiary/aromatic N) is 2. The molecule has 11 nitrogen and oxygen atoms in total. The highest BCUT2D eigenvalue weighted by Crippen LogP contribution is 2.67. The van der Waals surface area contributed by atoms with Gasteiger partial charge in [-0.05, 0) is 43.0 Å². The Morgan fingerprint density at radius 3 is 2.09 bits per heavy atom. The maximum atomic E-state index is 15.3. The third-order valence-corrected chi connectivity index (χ3v) is 12.2. The van der Waals surface area contributed by atoms with E-state index in [2.05, 4.69) is 15.9 Å². The lowest BCUT2D eigenvalue weighted by Gasteiger charge is -2.50. The number of fused-ring (bicyclic) bond motifs is 4. The SMILES string of the molecule is COc1cc(Br)cc([C@H]2C3=CC[C@@H]4C(=O)N(c5ccc(C(=O)O)c(O)c5)C(=O)[C@@H]4[C@@H]3C[C@@]3(Cl)C(=O)N(c4c(F)c(F)c(F)c(F)c4F)C(=O)[C@@]23Cl)c1O. The number of anilines is 2. The number of carbonyl (C=O) groups is 5. The Hall–Kier alpha value is -4.74. The van der Waals surface area contributed by atoms with Crippen LogP contribution in [0.5, 0.6) is 17.2 Å². The van der Waals surface area contributed by atoms with Crippen molar-refractivity contribution in [3.8, 4) is 17.2 Å². The van der Waals surface area contributed by atoms with Crippen molar-refractivity contribution in [1.82, 2.24) is 0 Å². The van der Waals surface area contributed by atoms with Gasteiger partial charge in [0.2, 0.25) is 17.6 Å². The number of allylic oxidation sites excluding steroid dienone is 2. The number of hydrogen-bond acceptors (Lipinski definition) is 8. The zero-order chi connectivity index (χ0) is 38.8. The number of carbonyl (C=O) groups excluding carboxylic acids is 4. The molecule has 4 amide bonds. The van der Waals surface area contributed by atoms with Gasteiger partial charge in [0.05, 0.1) is 24.6 Å². The number of aromatic hydroxyl groups is 2. The number of hydrogen-bond donors (Lipinski definition) is 3. The molecule has 7 rings (SSSR count). The number of rotatable bonds is 5. The summed E-state index contributed by atoms with van der Waals surface area (Å²) in [4.78, 5) is 62.9. The highest BCUT2D eigenvalue weighted by Gasteiger charge is 2.77. The average molecular weight is 846 g/mol. The first-order valence-corrected chi connectivity index (χ1v) is 16.9. The molecule has 2 aliphatic carbocycles. The standard InChI is InChI=1S/C34H20BrCl2F5N2O9/c1-53-18-7-10(35)6-15(27(18)46)20-12-4-5-14-19(29(48)43(28(14)47)11-2-3-13(30(49)50)17(45)8-11)16(12)9-33(36)31(51)44(32(52)34(20,33)37)26-24(41)22(39)21(38)23(40)25(26)42/h2-4,6-8,14,16,19-20,45-46H,5,9H2,1H3,(H,49,50)/t14-,16+,19-,20+,33+,34-/m0/s1. The Kier molecular flexibility index (Phi) is 8.39. The van der Waals surface area contributed by atoms with Gasteiger partial charge < -0.3 is 20.1 Å². The van der Waals surface area contributed by atoms with Gasteiger partial charge in [0.1, 0.15) is 17.0 Å². The molecule has 3 fully saturated rings. The Labute approximate surface area is 312 Å². The van der Waals surface area contributed by atoms with Gasteiger partial charge in [-0.3, -0.25) is 19.2 Å². The van der Waals surface area contributed by atoms with Gasteiger partial charge in [-0.1, -0.05) is 27.6 Å². The van der Waals surface area contributed by atoms with E-state index in [9.17, 15) is 52.5 Å². The van der Waals surface area contributed by atoms with Crippen LogP contribution in [0.1, 0.15) is 34.7 Å². The number of halogens is 8. The van der Waals surface area contributed by atoms with Crippen molar-refractivity contribution < 1.29 is 66.0 Å². The van der Waals surface area contributed by atoms with E-state index in [1.165, 1.54) is 25.3 Å². The van der Waals surface area contributed by atoms with Crippen LogP contribution in [0.15, 0.2) is 46.5 Å². The van der Waals surface area contributed by atoms with E-state index in [4.69, 9.17) is 27.9 Å².